The molecule has 0 atom stereocenters. The number of hydrogen-bond donors (Lipinski definition) is 1. The number of methoxy groups -OCH3 is 1. The Hall–Kier alpha value is -3.64. The van der Waals surface area contributed by atoms with E-state index in [1.807, 2.05) is 6.07 Å². The zero-order valence-electron chi connectivity index (χ0n) is 15.3. The topological polar surface area (TPSA) is 114 Å². The Morgan fingerprint density at radius 2 is 2.10 bits per heavy atom. The van der Waals surface area contributed by atoms with E-state index in [0.717, 1.165) is 4.47 Å². The highest BCUT2D eigenvalue weighted by Gasteiger charge is 2.16. The molecule has 0 aliphatic rings. The van der Waals surface area contributed by atoms with E-state index in [1.54, 1.807) is 24.3 Å². The number of nitrogens with one attached hydrogen (secondary N) is 1. The van der Waals surface area contributed by atoms with Crippen LogP contribution in [0, 0.1) is 21.4 Å². The van der Waals surface area contributed by atoms with Crippen molar-refractivity contribution in [1.29, 1.82) is 5.26 Å². The molecule has 2 aromatic carbocycles. The number of anilines is 1. The normalized spacial score (nSPS) is 10.6. The lowest BCUT2D eigenvalue weighted by Gasteiger charge is -2.11. The molecule has 0 unspecified atom stereocenters. The first kappa shape index (κ1) is 21.7. The Morgan fingerprint density at radius 3 is 2.72 bits per heavy atom. The minimum Gasteiger partial charge on any atom is -0.494 e. The molecule has 0 saturated heterocycles. The summed E-state index contributed by atoms with van der Waals surface area (Å²) in [5.41, 5.74) is 0.339. The molecule has 9 heteroatoms. The van der Waals surface area contributed by atoms with Crippen LogP contribution in [0.2, 0.25) is 0 Å². The molecule has 0 saturated carbocycles. The van der Waals surface area contributed by atoms with E-state index in [4.69, 9.17) is 9.47 Å². The molecule has 0 spiro atoms. The van der Waals surface area contributed by atoms with Gasteiger partial charge in [0.1, 0.15) is 29.7 Å². The van der Waals surface area contributed by atoms with Gasteiger partial charge in [-0.05, 0) is 30.3 Å². The van der Waals surface area contributed by atoms with E-state index in [2.05, 4.69) is 27.8 Å². The molecule has 148 valence electrons. The summed E-state index contributed by atoms with van der Waals surface area (Å²) >= 11 is 3.34. The number of rotatable bonds is 8. The number of carbonyl (C=O) groups is 1. The van der Waals surface area contributed by atoms with Crippen LogP contribution in [0.4, 0.5) is 11.4 Å². The second-order valence-electron chi connectivity index (χ2n) is 5.55. The summed E-state index contributed by atoms with van der Waals surface area (Å²) in [4.78, 5) is 22.9. The van der Waals surface area contributed by atoms with Gasteiger partial charge in [-0.2, -0.15) is 5.26 Å². The van der Waals surface area contributed by atoms with Crippen LogP contribution in [0.1, 0.15) is 5.56 Å². The Morgan fingerprint density at radius 1 is 1.34 bits per heavy atom. The highest BCUT2D eigenvalue weighted by Crippen LogP contribution is 2.30. The van der Waals surface area contributed by atoms with Crippen molar-refractivity contribution >= 4 is 39.3 Å². The standard InChI is InChI=1S/C20H16BrN3O5/c1-3-8-29-18-7-4-15(21)10-13(18)9-14(12-22)20(25)23-17-6-5-16(24(26)27)11-19(17)28-2/h3-7,9-11H,1,8H2,2H3,(H,23,25)/b14-9+. The minimum atomic E-state index is -0.700. The number of nitro benzene ring substituents is 1. The first-order valence-electron chi connectivity index (χ1n) is 8.18. The van der Waals surface area contributed by atoms with Crippen LogP contribution >= 0.6 is 15.9 Å². The largest absolute Gasteiger partial charge is 0.494 e. The van der Waals surface area contributed by atoms with Crippen molar-refractivity contribution in [2.75, 3.05) is 19.0 Å². The Bertz CT molecular complexity index is 1030. The van der Waals surface area contributed by atoms with Gasteiger partial charge in [-0.25, -0.2) is 0 Å². The summed E-state index contributed by atoms with van der Waals surface area (Å²) in [6, 6.07) is 10.8. The molecular formula is C20H16BrN3O5. The zero-order valence-corrected chi connectivity index (χ0v) is 16.9. The number of amides is 1. The van der Waals surface area contributed by atoms with Gasteiger partial charge in [0.15, 0.2) is 0 Å². The molecule has 1 N–H and O–H groups in total. The second-order valence-corrected chi connectivity index (χ2v) is 6.46. The molecule has 0 heterocycles. The summed E-state index contributed by atoms with van der Waals surface area (Å²) in [6.45, 7) is 3.85. The van der Waals surface area contributed by atoms with Gasteiger partial charge in [0.25, 0.3) is 11.6 Å². The molecule has 8 nitrogen and oxygen atoms in total. The summed E-state index contributed by atoms with van der Waals surface area (Å²) in [5.74, 6) is -0.127. The Labute approximate surface area is 175 Å². The number of halogens is 1. The molecule has 0 fully saturated rings. The third-order valence-corrected chi connectivity index (χ3v) is 4.13. The predicted molar refractivity (Wildman–Crippen MR) is 112 cm³/mol. The lowest BCUT2D eigenvalue weighted by molar-refractivity contribution is -0.384. The summed E-state index contributed by atoms with van der Waals surface area (Å²) in [6.07, 6.45) is 2.96. The summed E-state index contributed by atoms with van der Waals surface area (Å²) in [5, 5.41) is 22.9. The predicted octanol–water partition coefficient (Wildman–Crippen LogP) is 4.48. The fourth-order valence-corrected chi connectivity index (χ4v) is 2.68. The zero-order chi connectivity index (χ0) is 21.4. The van der Waals surface area contributed by atoms with E-state index in [1.165, 1.54) is 31.4 Å². The van der Waals surface area contributed by atoms with Gasteiger partial charge >= 0.3 is 0 Å². The van der Waals surface area contributed by atoms with Crippen molar-refractivity contribution in [1.82, 2.24) is 0 Å². The van der Waals surface area contributed by atoms with E-state index >= 15 is 0 Å². The molecule has 0 aliphatic heterocycles. The van der Waals surface area contributed by atoms with Crippen molar-refractivity contribution in [2.24, 2.45) is 0 Å². The number of nitro groups is 1. The van der Waals surface area contributed by atoms with Gasteiger partial charge in [-0.1, -0.05) is 28.6 Å². The van der Waals surface area contributed by atoms with Crippen LogP contribution in [0.3, 0.4) is 0 Å². The first-order chi connectivity index (χ1) is 13.9. The van der Waals surface area contributed by atoms with E-state index in [9.17, 15) is 20.2 Å². The van der Waals surface area contributed by atoms with Gasteiger partial charge in [0, 0.05) is 16.1 Å². The smallest absolute Gasteiger partial charge is 0.273 e. The third kappa shape index (κ3) is 5.67. The fraction of sp³-hybridized carbons (Fsp3) is 0.100. The highest BCUT2D eigenvalue weighted by molar-refractivity contribution is 9.10. The lowest BCUT2D eigenvalue weighted by Crippen LogP contribution is -2.14. The number of nitrogens with zero attached hydrogens (tertiary/aromatic N) is 2. The maximum Gasteiger partial charge on any atom is 0.273 e. The summed E-state index contributed by atoms with van der Waals surface area (Å²) < 4.78 is 11.4. The lowest BCUT2D eigenvalue weighted by atomic mass is 10.1. The van der Waals surface area contributed by atoms with Crippen molar-refractivity contribution in [2.45, 2.75) is 0 Å². The molecule has 0 radical (unpaired) electrons. The van der Waals surface area contributed by atoms with Crippen LogP contribution in [-0.4, -0.2) is 24.5 Å². The van der Waals surface area contributed by atoms with E-state index in [-0.39, 0.29) is 29.3 Å². The maximum atomic E-state index is 12.6. The van der Waals surface area contributed by atoms with Crippen LogP contribution in [-0.2, 0) is 4.79 Å². The van der Waals surface area contributed by atoms with Gasteiger partial charge < -0.3 is 14.8 Å². The minimum absolute atomic E-state index is 0.0994. The SMILES string of the molecule is C=CCOc1ccc(Br)cc1/C=C(\C#N)C(=O)Nc1ccc([N+](=O)[O-])cc1OC. The van der Waals surface area contributed by atoms with Crippen molar-refractivity contribution in [3.8, 4) is 17.6 Å². The number of hydrogen-bond acceptors (Lipinski definition) is 6. The van der Waals surface area contributed by atoms with Gasteiger partial charge in [0.05, 0.1) is 23.8 Å². The average Bonchev–Trinajstić information content (AvgIpc) is 2.71. The molecule has 0 bridgehead atoms. The van der Waals surface area contributed by atoms with Crippen LogP contribution in [0.25, 0.3) is 6.08 Å². The number of ether oxygens (including phenoxy) is 2. The molecule has 0 aromatic heterocycles. The van der Waals surface area contributed by atoms with E-state index in [0.29, 0.717) is 11.3 Å². The van der Waals surface area contributed by atoms with Crippen LogP contribution < -0.4 is 14.8 Å². The molecule has 2 aromatic rings. The molecule has 1 amide bonds. The quantitative estimate of drug-likeness (QED) is 0.205. The maximum absolute atomic E-state index is 12.6. The molecule has 2 rings (SSSR count). The molecular weight excluding hydrogens is 442 g/mol. The second kappa shape index (κ2) is 10.1. The Kier molecular flexibility index (Phi) is 7.51. The van der Waals surface area contributed by atoms with Gasteiger partial charge in [-0.15, -0.1) is 0 Å². The van der Waals surface area contributed by atoms with Crippen molar-refractivity contribution in [3.63, 3.8) is 0 Å². The fourth-order valence-electron chi connectivity index (χ4n) is 2.30. The number of benzene rings is 2. The highest BCUT2D eigenvalue weighted by atomic mass is 79.9. The monoisotopic (exact) mass is 457 g/mol. The van der Waals surface area contributed by atoms with Crippen LogP contribution in [0.5, 0.6) is 11.5 Å². The van der Waals surface area contributed by atoms with Crippen LogP contribution in [0.15, 0.2) is 59.1 Å². The summed E-state index contributed by atoms with van der Waals surface area (Å²) in [7, 11) is 1.32. The number of carbonyl (C=O) groups excluding carboxylic acids is 1. The van der Waals surface area contributed by atoms with E-state index < -0.39 is 10.8 Å². The molecule has 29 heavy (non-hydrogen) atoms. The molecule has 0 aliphatic carbocycles. The number of non-ortho nitro benzene ring substituents is 1. The third-order valence-electron chi connectivity index (χ3n) is 3.64. The first-order valence-corrected chi connectivity index (χ1v) is 8.97. The average molecular weight is 458 g/mol. The number of nitriles is 1. The van der Waals surface area contributed by atoms with Crippen molar-refractivity contribution < 1.29 is 19.2 Å². The van der Waals surface area contributed by atoms with Crippen molar-refractivity contribution in [3.05, 3.63) is 74.8 Å². The van der Waals surface area contributed by atoms with Gasteiger partial charge in [0.2, 0.25) is 0 Å². The van der Waals surface area contributed by atoms with Gasteiger partial charge in [-0.3, -0.25) is 14.9 Å². The Balaban J connectivity index is 2.35.